The molecule has 4 nitrogen and oxygen atoms in total. The Labute approximate surface area is 144 Å². The first-order valence-corrected chi connectivity index (χ1v) is 10.1. The van der Waals surface area contributed by atoms with Crippen LogP contribution >= 0.6 is 22.7 Å². The molecule has 0 radical (unpaired) electrons. The number of aromatic nitrogens is 1. The van der Waals surface area contributed by atoms with Gasteiger partial charge in [-0.1, -0.05) is 0 Å². The molecule has 4 rings (SSSR count). The standard InChI is InChI=1S/C17H21N3OS2/c21-16(15-14-5-2-1-4-13(14)12-23-15)19-7-3-8-20(10-9-19)17-18-6-11-22-17/h6,11-12H,1-5,7-10H2. The molecule has 0 bridgehead atoms. The van der Waals surface area contributed by atoms with Gasteiger partial charge >= 0.3 is 0 Å². The first-order chi connectivity index (χ1) is 11.3. The Bertz CT molecular complexity index is 680. The highest BCUT2D eigenvalue weighted by Crippen LogP contribution is 2.31. The van der Waals surface area contributed by atoms with Crippen LogP contribution in [0.15, 0.2) is 17.0 Å². The number of thiazole rings is 1. The lowest BCUT2D eigenvalue weighted by molar-refractivity contribution is 0.0770. The van der Waals surface area contributed by atoms with E-state index in [1.54, 1.807) is 22.7 Å². The Morgan fingerprint density at radius 1 is 1.04 bits per heavy atom. The number of aryl methyl sites for hydroxylation is 1. The van der Waals surface area contributed by atoms with Crippen molar-refractivity contribution in [2.45, 2.75) is 32.1 Å². The van der Waals surface area contributed by atoms with Crippen LogP contribution in [0.3, 0.4) is 0 Å². The number of carbonyl (C=O) groups is 1. The van der Waals surface area contributed by atoms with Crippen LogP contribution in [0.25, 0.3) is 0 Å². The molecule has 1 amide bonds. The number of hydrogen-bond acceptors (Lipinski definition) is 5. The Balaban J connectivity index is 1.48. The van der Waals surface area contributed by atoms with Crippen molar-refractivity contribution in [3.63, 3.8) is 0 Å². The highest BCUT2D eigenvalue weighted by molar-refractivity contribution is 7.13. The summed E-state index contributed by atoms with van der Waals surface area (Å²) in [5.74, 6) is 0.249. The Kier molecular flexibility index (Phi) is 4.35. The molecule has 2 aliphatic rings. The van der Waals surface area contributed by atoms with Gasteiger partial charge in [-0.15, -0.1) is 22.7 Å². The van der Waals surface area contributed by atoms with E-state index in [2.05, 4.69) is 15.3 Å². The van der Waals surface area contributed by atoms with Gasteiger partial charge in [0.1, 0.15) is 0 Å². The van der Waals surface area contributed by atoms with Gasteiger partial charge in [-0.3, -0.25) is 4.79 Å². The fourth-order valence-electron chi connectivity index (χ4n) is 3.53. The van der Waals surface area contributed by atoms with Crippen LogP contribution in [-0.4, -0.2) is 42.0 Å². The third-order valence-corrected chi connectivity index (χ3v) is 6.66. The molecule has 122 valence electrons. The van der Waals surface area contributed by atoms with E-state index < -0.39 is 0 Å². The number of nitrogens with zero attached hydrogens (tertiary/aromatic N) is 3. The van der Waals surface area contributed by atoms with Gasteiger partial charge in [0.25, 0.3) is 5.91 Å². The Morgan fingerprint density at radius 3 is 2.83 bits per heavy atom. The lowest BCUT2D eigenvalue weighted by Gasteiger charge is -2.22. The van der Waals surface area contributed by atoms with Gasteiger partial charge < -0.3 is 9.80 Å². The number of anilines is 1. The molecule has 1 saturated heterocycles. The minimum atomic E-state index is 0.249. The maximum absolute atomic E-state index is 13.0. The van der Waals surface area contributed by atoms with Gasteiger partial charge in [0.05, 0.1) is 4.88 Å². The van der Waals surface area contributed by atoms with Gasteiger partial charge in [-0.25, -0.2) is 4.98 Å². The summed E-state index contributed by atoms with van der Waals surface area (Å²) in [5.41, 5.74) is 2.76. The summed E-state index contributed by atoms with van der Waals surface area (Å²) in [4.78, 5) is 22.7. The van der Waals surface area contributed by atoms with Crippen molar-refractivity contribution in [3.05, 3.63) is 33.0 Å². The summed E-state index contributed by atoms with van der Waals surface area (Å²) in [6, 6.07) is 0. The van der Waals surface area contributed by atoms with Gasteiger partial charge in [-0.05, 0) is 48.6 Å². The van der Waals surface area contributed by atoms with E-state index in [9.17, 15) is 4.79 Å². The molecule has 0 spiro atoms. The summed E-state index contributed by atoms with van der Waals surface area (Å²) in [5, 5.41) is 5.30. The van der Waals surface area contributed by atoms with E-state index in [1.165, 1.54) is 24.0 Å². The number of thiophene rings is 1. The Hall–Kier alpha value is -1.40. The molecule has 6 heteroatoms. The van der Waals surface area contributed by atoms with Crippen LogP contribution in [0.4, 0.5) is 5.13 Å². The zero-order valence-electron chi connectivity index (χ0n) is 13.2. The monoisotopic (exact) mass is 347 g/mol. The average Bonchev–Trinajstić information content (AvgIpc) is 3.19. The summed E-state index contributed by atoms with van der Waals surface area (Å²) in [6.07, 6.45) is 7.59. The molecule has 2 aromatic heterocycles. The molecule has 0 N–H and O–H groups in total. The predicted octanol–water partition coefficient (Wildman–Crippen LogP) is 3.44. The molecule has 0 saturated carbocycles. The van der Waals surface area contributed by atoms with Gasteiger partial charge in [-0.2, -0.15) is 0 Å². The molecular weight excluding hydrogens is 326 g/mol. The van der Waals surface area contributed by atoms with Crippen LogP contribution in [0.5, 0.6) is 0 Å². The fraction of sp³-hybridized carbons (Fsp3) is 0.529. The molecule has 1 aliphatic carbocycles. The second kappa shape index (κ2) is 6.61. The van der Waals surface area contributed by atoms with Crippen molar-refractivity contribution in [1.29, 1.82) is 0 Å². The minimum absolute atomic E-state index is 0.249. The lowest BCUT2D eigenvalue weighted by atomic mass is 9.93. The second-order valence-corrected chi connectivity index (χ2v) is 7.98. The molecule has 1 fully saturated rings. The SMILES string of the molecule is O=C(c1scc2c1CCCC2)N1CCCN(c2nccs2)CC1. The third kappa shape index (κ3) is 3.02. The van der Waals surface area contributed by atoms with Crippen molar-refractivity contribution >= 4 is 33.7 Å². The quantitative estimate of drug-likeness (QED) is 0.835. The zero-order valence-corrected chi connectivity index (χ0v) is 14.8. The molecule has 23 heavy (non-hydrogen) atoms. The largest absolute Gasteiger partial charge is 0.346 e. The van der Waals surface area contributed by atoms with E-state index >= 15 is 0 Å². The smallest absolute Gasteiger partial charge is 0.264 e. The van der Waals surface area contributed by atoms with Gasteiger partial charge in [0.2, 0.25) is 0 Å². The average molecular weight is 348 g/mol. The molecule has 0 aromatic carbocycles. The number of amides is 1. The molecule has 0 unspecified atom stereocenters. The van der Waals surface area contributed by atoms with Crippen LogP contribution in [0.2, 0.25) is 0 Å². The summed E-state index contributed by atoms with van der Waals surface area (Å²) in [7, 11) is 0. The minimum Gasteiger partial charge on any atom is -0.346 e. The van der Waals surface area contributed by atoms with E-state index in [0.29, 0.717) is 0 Å². The molecular formula is C17H21N3OS2. The molecule has 1 aliphatic heterocycles. The molecule has 0 atom stereocenters. The van der Waals surface area contributed by atoms with Crippen molar-refractivity contribution < 1.29 is 4.79 Å². The van der Waals surface area contributed by atoms with Gasteiger partial charge in [0.15, 0.2) is 5.13 Å². The van der Waals surface area contributed by atoms with Crippen molar-refractivity contribution in [1.82, 2.24) is 9.88 Å². The van der Waals surface area contributed by atoms with Crippen molar-refractivity contribution in [2.75, 3.05) is 31.1 Å². The number of carbonyl (C=O) groups excluding carboxylic acids is 1. The number of rotatable bonds is 2. The number of hydrogen-bond donors (Lipinski definition) is 0. The van der Waals surface area contributed by atoms with E-state index in [-0.39, 0.29) is 5.91 Å². The van der Waals surface area contributed by atoms with Crippen molar-refractivity contribution in [2.24, 2.45) is 0 Å². The van der Waals surface area contributed by atoms with Crippen LogP contribution in [0.1, 0.15) is 40.1 Å². The fourth-order valence-corrected chi connectivity index (χ4v) is 5.35. The normalized spacial score (nSPS) is 18.6. The first kappa shape index (κ1) is 15.1. The van der Waals surface area contributed by atoms with Crippen LogP contribution in [0, 0.1) is 0 Å². The van der Waals surface area contributed by atoms with Crippen molar-refractivity contribution in [3.8, 4) is 0 Å². The molecule has 3 heterocycles. The van der Waals surface area contributed by atoms with Crippen LogP contribution < -0.4 is 4.90 Å². The van der Waals surface area contributed by atoms with E-state index in [4.69, 9.17) is 0 Å². The third-order valence-electron chi connectivity index (χ3n) is 4.77. The highest BCUT2D eigenvalue weighted by atomic mass is 32.1. The first-order valence-electron chi connectivity index (χ1n) is 8.36. The topological polar surface area (TPSA) is 36.4 Å². The summed E-state index contributed by atoms with van der Waals surface area (Å²) >= 11 is 3.34. The lowest BCUT2D eigenvalue weighted by Crippen LogP contribution is -2.35. The van der Waals surface area contributed by atoms with E-state index in [0.717, 1.165) is 55.5 Å². The predicted molar refractivity (Wildman–Crippen MR) is 95.8 cm³/mol. The second-order valence-electron chi connectivity index (χ2n) is 6.22. The van der Waals surface area contributed by atoms with Gasteiger partial charge in [0, 0.05) is 37.8 Å². The highest BCUT2D eigenvalue weighted by Gasteiger charge is 2.26. The molecule has 2 aromatic rings. The maximum atomic E-state index is 13.0. The Morgan fingerprint density at radius 2 is 1.96 bits per heavy atom. The number of fused-ring (bicyclic) bond motifs is 1. The maximum Gasteiger partial charge on any atom is 0.264 e. The van der Waals surface area contributed by atoms with Crippen LogP contribution in [-0.2, 0) is 12.8 Å². The van der Waals surface area contributed by atoms with E-state index in [1.807, 2.05) is 16.5 Å². The zero-order chi connectivity index (χ0) is 15.6. The summed E-state index contributed by atoms with van der Waals surface area (Å²) in [6.45, 7) is 3.52. The summed E-state index contributed by atoms with van der Waals surface area (Å²) < 4.78 is 0.